The Hall–Kier alpha value is -1.00. The Balaban J connectivity index is 2.73. The van der Waals surface area contributed by atoms with Crippen LogP contribution in [0.15, 0.2) is 29.2 Å². The van der Waals surface area contributed by atoms with Crippen molar-refractivity contribution in [2.24, 2.45) is 5.84 Å². The molecule has 0 fully saturated rings. The Bertz CT molecular complexity index is 308. The molecule has 1 aromatic carbocycles. The number of nitrogen functional groups attached to an aromatic ring is 1. The summed E-state index contributed by atoms with van der Waals surface area (Å²) < 4.78 is 0. The molecule has 3 N–H and O–H groups in total. The first-order valence-electron chi connectivity index (χ1n) is 4.41. The van der Waals surface area contributed by atoms with Crippen LogP contribution in [0.2, 0.25) is 0 Å². The predicted octanol–water partition coefficient (Wildman–Crippen LogP) is 1.79. The molecule has 0 unspecified atom stereocenters. The van der Waals surface area contributed by atoms with Crippen LogP contribution < -0.4 is 11.3 Å². The van der Waals surface area contributed by atoms with E-state index in [1.54, 1.807) is 23.9 Å². The molecule has 0 aliphatic heterocycles. The quantitative estimate of drug-likeness (QED) is 0.346. The first-order valence-corrected chi connectivity index (χ1v) is 5.29. The molecule has 0 saturated carbocycles. The van der Waals surface area contributed by atoms with Gasteiger partial charge in [-0.05, 0) is 24.3 Å². The highest BCUT2D eigenvalue weighted by Crippen LogP contribution is 2.22. The zero-order valence-corrected chi connectivity index (χ0v) is 9.10. The fraction of sp³-hybridized carbons (Fsp3) is 0.300. The summed E-state index contributed by atoms with van der Waals surface area (Å²) in [6.07, 6.45) is 0. The number of carbonyl (C=O) groups excluding carboxylic acids is 1. The van der Waals surface area contributed by atoms with Gasteiger partial charge in [0.2, 0.25) is 0 Å². The first kappa shape index (κ1) is 11.1. The summed E-state index contributed by atoms with van der Waals surface area (Å²) >= 11 is 1.76. The Labute approximate surface area is 88.0 Å². The minimum Gasteiger partial charge on any atom is -0.290 e. The number of amides is 1. The molecule has 1 rings (SSSR count). The van der Waals surface area contributed by atoms with Gasteiger partial charge in [-0.3, -0.25) is 10.2 Å². The minimum atomic E-state index is -0.258. The van der Waals surface area contributed by atoms with E-state index in [0.717, 1.165) is 4.90 Å². The number of nitrogens with two attached hydrogens (primary N) is 1. The van der Waals surface area contributed by atoms with Gasteiger partial charge in [-0.15, -0.1) is 11.8 Å². The van der Waals surface area contributed by atoms with Gasteiger partial charge < -0.3 is 0 Å². The molecule has 0 heterocycles. The molecule has 4 heteroatoms. The van der Waals surface area contributed by atoms with Gasteiger partial charge in [-0.2, -0.15) is 0 Å². The highest BCUT2D eigenvalue weighted by atomic mass is 32.2. The molecule has 0 bridgehead atoms. The summed E-state index contributed by atoms with van der Waals surface area (Å²) in [4.78, 5) is 12.3. The molecule has 0 atom stereocenters. The van der Waals surface area contributed by atoms with Gasteiger partial charge in [0.05, 0.1) is 0 Å². The van der Waals surface area contributed by atoms with Gasteiger partial charge in [-0.1, -0.05) is 13.8 Å². The summed E-state index contributed by atoms with van der Waals surface area (Å²) in [7, 11) is 0. The lowest BCUT2D eigenvalue weighted by Gasteiger charge is -2.05. The van der Waals surface area contributed by atoms with Crippen LogP contribution in [0, 0.1) is 0 Å². The highest BCUT2D eigenvalue weighted by molar-refractivity contribution is 7.99. The van der Waals surface area contributed by atoms with Crippen LogP contribution in [0.1, 0.15) is 24.2 Å². The van der Waals surface area contributed by atoms with E-state index >= 15 is 0 Å². The zero-order valence-electron chi connectivity index (χ0n) is 8.28. The maximum Gasteiger partial charge on any atom is 0.265 e. The van der Waals surface area contributed by atoms with Crippen molar-refractivity contribution in [3.8, 4) is 0 Å². The van der Waals surface area contributed by atoms with Gasteiger partial charge in [-0.25, -0.2) is 5.84 Å². The summed E-state index contributed by atoms with van der Waals surface area (Å²) in [5.41, 5.74) is 2.68. The number of hydrogen-bond acceptors (Lipinski definition) is 3. The SMILES string of the molecule is CC(C)Sc1ccc(C(=O)NN)cc1. The van der Waals surface area contributed by atoms with E-state index in [2.05, 4.69) is 19.3 Å². The van der Waals surface area contributed by atoms with Crippen LogP contribution in [0.4, 0.5) is 0 Å². The predicted molar refractivity (Wildman–Crippen MR) is 59.1 cm³/mol. The monoisotopic (exact) mass is 210 g/mol. The average molecular weight is 210 g/mol. The van der Waals surface area contributed by atoms with Crippen LogP contribution >= 0.6 is 11.8 Å². The molecule has 0 aromatic heterocycles. The number of hydrazine groups is 1. The van der Waals surface area contributed by atoms with Gasteiger partial charge >= 0.3 is 0 Å². The van der Waals surface area contributed by atoms with Crippen molar-refractivity contribution in [1.29, 1.82) is 0 Å². The van der Waals surface area contributed by atoms with Crippen molar-refractivity contribution in [1.82, 2.24) is 5.43 Å². The maximum absolute atomic E-state index is 11.1. The largest absolute Gasteiger partial charge is 0.290 e. The van der Waals surface area contributed by atoms with Crippen molar-refractivity contribution >= 4 is 17.7 Å². The van der Waals surface area contributed by atoms with Crippen molar-refractivity contribution in [3.63, 3.8) is 0 Å². The van der Waals surface area contributed by atoms with E-state index < -0.39 is 0 Å². The third-order valence-corrected chi connectivity index (χ3v) is 2.64. The van der Waals surface area contributed by atoms with Crippen molar-refractivity contribution in [2.75, 3.05) is 0 Å². The molecule has 0 saturated heterocycles. The smallest absolute Gasteiger partial charge is 0.265 e. The molecule has 1 aromatic rings. The fourth-order valence-electron chi connectivity index (χ4n) is 1.04. The third kappa shape index (κ3) is 3.05. The molecule has 0 aliphatic carbocycles. The first-order chi connectivity index (χ1) is 6.63. The number of carbonyl (C=O) groups is 1. The number of rotatable bonds is 3. The van der Waals surface area contributed by atoms with E-state index in [9.17, 15) is 4.79 Å². The molecule has 14 heavy (non-hydrogen) atoms. The Morgan fingerprint density at radius 1 is 1.36 bits per heavy atom. The molecule has 76 valence electrons. The molecule has 0 radical (unpaired) electrons. The van der Waals surface area contributed by atoms with Crippen LogP contribution in [0.3, 0.4) is 0 Å². The summed E-state index contributed by atoms with van der Waals surface area (Å²) in [6, 6.07) is 7.39. The lowest BCUT2D eigenvalue weighted by Crippen LogP contribution is -2.29. The number of benzene rings is 1. The second kappa shape index (κ2) is 5.02. The van der Waals surface area contributed by atoms with E-state index in [1.807, 2.05) is 12.1 Å². The van der Waals surface area contributed by atoms with E-state index in [-0.39, 0.29) is 5.91 Å². The van der Waals surface area contributed by atoms with Gasteiger partial charge in [0, 0.05) is 15.7 Å². The summed E-state index contributed by atoms with van der Waals surface area (Å²) in [6.45, 7) is 4.26. The standard InChI is InChI=1S/C10H14N2OS/c1-7(2)14-9-5-3-8(4-6-9)10(13)12-11/h3-7H,11H2,1-2H3,(H,12,13). The Kier molecular flexibility index (Phi) is 3.98. The molecular weight excluding hydrogens is 196 g/mol. The van der Waals surface area contributed by atoms with Gasteiger partial charge in [0.15, 0.2) is 0 Å². The Morgan fingerprint density at radius 2 is 1.93 bits per heavy atom. The lowest BCUT2D eigenvalue weighted by molar-refractivity contribution is 0.0953. The number of nitrogens with one attached hydrogen (secondary N) is 1. The second-order valence-electron chi connectivity index (χ2n) is 3.16. The van der Waals surface area contributed by atoms with E-state index in [1.165, 1.54) is 0 Å². The normalized spacial score (nSPS) is 10.3. The van der Waals surface area contributed by atoms with Crippen LogP contribution in [-0.4, -0.2) is 11.2 Å². The van der Waals surface area contributed by atoms with Crippen LogP contribution in [0.5, 0.6) is 0 Å². The van der Waals surface area contributed by atoms with E-state index in [4.69, 9.17) is 5.84 Å². The molecule has 0 spiro atoms. The molecular formula is C10H14N2OS. The minimum absolute atomic E-state index is 0.258. The van der Waals surface area contributed by atoms with Crippen molar-refractivity contribution in [2.45, 2.75) is 24.0 Å². The molecule has 3 nitrogen and oxygen atoms in total. The van der Waals surface area contributed by atoms with Crippen molar-refractivity contribution in [3.05, 3.63) is 29.8 Å². The lowest BCUT2D eigenvalue weighted by atomic mass is 10.2. The number of hydrogen-bond donors (Lipinski definition) is 2. The van der Waals surface area contributed by atoms with Gasteiger partial charge in [0.1, 0.15) is 0 Å². The topological polar surface area (TPSA) is 55.1 Å². The van der Waals surface area contributed by atoms with Crippen molar-refractivity contribution < 1.29 is 4.79 Å². The Morgan fingerprint density at radius 3 is 2.36 bits per heavy atom. The van der Waals surface area contributed by atoms with Crippen LogP contribution in [-0.2, 0) is 0 Å². The average Bonchev–Trinajstić information content (AvgIpc) is 2.17. The highest BCUT2D eigenvalue weighted by Gasteiger charge is 2.03. The van der Waals surface area contributed by atoms with E-state index in [0.29, 0.717) is 10.8 Å². The number of thioether (sulfide) groups is 1. The maximum atomic E-state index is 11.1. The summed E-state index contributed by atoms with van der Waals surface area (Å²) in [5, 5.41) is 0.546. The van der Waals surface area contributed by atoms with Gasteiger partial charge in [0.25, 0.3) is 5.91 Å². The summed E-state index contributed by atoms with van der Waals surface area (Å²) in [5.74, 6) is 4.76. The third-order valence-electron chi connectivity index (χ3n) is 1.62. The molecule has 1 amide bonds. The molecule has 0 aliphatic rings. The fourth-order valence-corrected chi connectivity index (χ4v) is 1.88. The van der Waals surface area contributed by atoms with Crippen LogP contribution in [0.25, 0.3) is 0 Å². The zero-order chi connectivity index (χ0) is 10.6. The second-order valence-corrected chi connectivity index (χ2v) is 4.81.